The standard InChI is InChI=1S/C12H19NO5/c1-12(2,7-14)9(15)10(16)13-6-4-3-5-8(13)11(17)18/h8,14H,3-7H2,1-2H3,(H,17,18)/t8-/m0/s1. The minimum Gasteiger partial charge on any atom is -0.480 e. The van der Waals surface area contributed by atoms with Crippen molar-refractivity contribution in [1.82, 2.24) is 4.90 Å². The third kappa shape index (κ3) is 2.87. The van der Waals surface area contributed by atoms with Gasteiger partial charge < -0.3 is 15.1 Å². The second-order valence-electron chi connectivity index (χ2n) is 5.22. The Morgan fingerprint density at radius 2 is 1.89 bits per heavy atom. The van der Waals surface area contributed by atoms with Crippen molar-refractivity contribution >= 4 is 17.7 Å². The average molecular weight is 257 g/mol. The maximum Gasteiger partial charge on any atom is 0.326 e. The van der Waals surface area contributed by atoms with Gasteiger partial charge in [-0.2, -0.15) is 0 Å². The summed E-state index contributed by atoms with van der Waals surface area (Å²) in [4.78, 5) is 36.1. The fourth-order valence-corrected chi connectivity index (χ4v) is 1.92. The van der Waals surface area contributed by atoms with Crippen molar-refractivity contribution < 1.29 is 24.6 Å². The molecule has 0 aliphatic carbocycles. The van der Waals surface area contributed by atoms with E-state index in [2.05, 4.69) is 0 Å². The fraction of sp³-hybridized carbons (Fsp3) is 0.750. The molecule has 1 aliphatic rings. The number of carboxylic acid groups (broad SMARTS) is 1. The Hall–Kier alpha value is -1.43. The van der Waals surface area contributed by atoms with Gasteiger partial charge >= 0.3 is 5.97 Å². The van der Waals surface area contributed by atoms with E-state index in [9.17, 15) is 14.4 Å². The summed E-state index contributed by atoms with van der Waals surface area (Å²) >= 11 is 0. The van der Waals surface area contributed by atoms with E-state index in [-0.39, 0.29) is 6.54 Å². The van der Waals surface area contributed by atoms with Crippen molar-refractivity contribution in [3.8, 4) is 0 Å². The number of aliphatic hydroxyl groups excluding tert-OH is 1. The Labute approximate surface area is 106 Å². The molecule has 0 saturated carbocycles. The Balaban J connectivity index is 2.87. The van der Waals surface area contributed by atoms with Gasteiger partial charge in [0.1, 0.15) is 6.04 Å². The van der Waals surface area contributed by atoms with Crippen LogP contribution in [0, 0.1) is 5.41 Å². The van der Waals surface area contributed by atoms with Crippen LogP contribution in [0.4, 0.5) is 0 Å². The van der Waals surface area contributed by atoms with Crippen molar-refractivity contribution in [1.29, 1.82) is 0 Å². The predicted octanol–water partition coefficient (Wildman–Crippen LogP) is 0.0397. The minimum absolute atomic E-state index is 0.281. The van der Waals surface area contributed by atoms with Crippen molar-refractivity contribution in [3.63, 3.8) is 0 Å². The summed E-state index contributed by atoms with van der Waals surface area (Å²) in [6.45, 7) is 2.77. The molecular formula is C12H19NO5. The van der Waals surface area contributed by atoms with Gasteiger partial charge in [-0.1, -0.05) is 13.8 Å². The molecule has 6 heteroatoms. The van der Waals surface area contributed by atoms with Crippen LogP contribution in [0.2, 0.25) is 0 Å². The first-order valence-electron chi connectivity index (χ1n) is 6.00. The molecular weight excluding hydrogens is 238 g/mol. The highest BCUT2D eigenvalue weighted by atomic mass is 16.4. The lowest BCUT2D eigenvalue weighted by Gasteiger charge is -2.34. The molecule has 102 valence electrons. The molecule has 0 aromatic rings. The third-order valence-electron chi connectivity index (χ3n) is 3.25. The van der Waals surface area contributed by atoms with E-state index in [1.807, 2.05) is 0 Å². The second kappa shape index (κ2) is 5.48. The van der Waals surface area contributed by atoms with Crippen LogP contribution >= 0.6 is 0 Å². The first-order valence-corrected chi connectivity index (χ1v) is 6.00. The first-order chi connectivity index (χ1) is 8.31. The van der Waals surface area contributed by atoms with E-state index in [1.54, 1.807) is 0 Å². The molecule has 2 N–H and O–H groups in total. The third-order valence-corrected chi connectivity index (χ3v) is 3.25. The average Bonchev–Trinajstić information content (AvgIpc) is 2.36. The Morgan fingerprint density at radius 1 is 1.28 bits per heavy atom. The highest BCUT2D eigenvalue weighted by Gasteiger charge is 2.40. The van der Waals surface area contributed by atoms with Gasteiger partial charge in [-0.3, -0.25) is 9.59 Å². The molecule has 0 bridgehead atoms. The molecule has 6 nitrogen and oxygen atoms in total. The molecule has 0 spiro atoms. The van der Waals surface area contributed by atoms with Gasteiger partial charge in [-0.15, -0.1) is 0 Å². The fourth-order valence-electron chi connectivity index (χ4n) is 1.92. The van der Waals surface area contributed by atoms with Crippen LogP contribution in [0.5, 0.6) is 0 Å². The molecule has 18 heavy (non-hydrogen) atoms. The maximum atomic E-state index is 12.0. The van der Waals surface area contributed by atoms with Crippen molar-refractivity contribution in [2.24, 2.45) is 5.41 Å². The number of carboxylic acids is 1. The van der Waals surface area contributed by atoms with Gasteiger partial charge in [0, 0.05) is 6.54 Å². The summed E-state index contributed by atoms with van der Waals surface area (Å²) in [5.74, 6) is -2.63. The van der Waals surface area contributed by atoms with Gasteiger partial charge in [0.15, 0.2) is 0 Å². The summed E-state index contributed by atoms with van der Waals surface area (Å²) < 4.78 is 0. The van der Waals surface area contributed by atoms with Crippen molar-refractivity contribution in [2.75, 3.05) is 13.2 Å². The van der Waals surface area contributed by atoms with Crippen LogP contribution in [-0.4, -0.2) is 52.0 Å². The van der Waals surface area contributed by atoms with E-state index < -0.39 is 35.7 Å². The van der Waals surface area contributed by atoms with Crippen LogP contribution in [0.3, 0.4) is 0 Å². The minimum atomic E-state index is -1.17. The number of ketones is 1. The molecule has 1 rings (SSSR count). The second-order valence-corrected chi connectivity index (χ2v) is 5.22. The van der Waals surface area contributed by atoms with Crippen molar-refractivity contribution in [2.45, 2.75) is 39.2 Å². The number of hydrogen-bond acceptors (Lipinski definition) is 4. The molecule has 1 fully saturated rings. The summed E-state index contributed by atoms with van der Waals surface area (Å²) in [7, 11) is 0. The highest BCUT2D eigenvalue weighted by Crippen LogP contribution is 2.22. The smallest absolute Gasteiger partial charge is 0.326 e. The highest BCUT2D eigenvalue weighted by molar-refractivity contribution is 6.38. The monoisotopic (exact) mass is 257 g/mol. The van der Waals surface area contributed by atoms with Crippen LogP contribution in [-0.2, 0) is 14.4 Å². The number of likely N-dealkylation sites (tertiary alicyclic amines) is 1. The molecule has 0 aromatic carbocycles. The zero-order valence-corrected chi connectivity index (χ0v) is 10.7. The number of aliphatic carboxylic acids is 1. The van der Waals surface area contributed by atoms with E-state index in [1.165, 1.54) is 13.8 Å². The molecule has 1 heterocycles. The van der Waals surface area contributed by atoms with Crippen LogP contribution in [0.25, 0.3) is 0 Å². The molecule has 1 atom stereocenters. The molecule has 1 aliphatic heterocycles. The lowest BCUT2D eigenvalue weighted by molar-refractivity contribution is -0.158. The summed E-state index contributed by atoms with van der Waals surface area (Å²) in [6.07, 6.45) is 1.80. The quantitative estimate of drug-likeness (QED) is 0.693. The topological polar surface area (TPSA) is 94.9 Å². The Morgan fingerprint density at radius 3 is 2.39 bits per heavy atom. The number of nitrogens with zero attached hydrogens (tertiary/aromatic N) is 1. The summed E-state index contributed by atoms with van der Waals surface area (Å²) in [5, 5.41) is 18.1. The SMILES string of the molecule is CC(C)(CO)C(=O)C(=O)N1CCCC[C@H]1C(=O)O. The number of amides is 1. The van der Waals surface area contributed by atoms with Crippen LogP contribution < -0.4 is 0 Å². The van der Waals surface area contributed by atoms with Gasteiger partial charge in [0.05, 0.1) is 12.0 Å². The van der Waals surface area contributed by atoms with E-state index in [0.29, 0.717) is 12.8 Å². The van der Waals surface area contributed by atoms with Crippen molar-refractivity contribution in [3.05, 3.63) is 0 Å². The number of rotatable bonds is 4. The van der Waals surface area contributed by atoms with E-state index >= 15 is 0 Å². The van der Waals surface area contributed by atoms with E-state index in [0.717, 1.165) is 11.3 Å². The number of carbonyl (C=O) groups excluding carboxylic acids is 2. The lowest BCUT2D eigenvalue weighted by Crippen LogP contribution is -2.53. The molecule has 1 saturated heterocycles. The summed E-state index contributed by atoms with van der Waals surface area (Å²) in [5.41, 5.74) is -1.17. The predicted molar refractivity (Wildman–Crippen MR) is 62.9 cm³/mol. The van der Waals surface area contributed by atoms with E-state index in [4.69, 9.17) is 10.2 Å². The molecule has 0 unspecified atom stereocenters. The molecule has 0 radical (unpaired) electrons. The molecule has 1 amide bonds. The zero-order chi connectivity index (χ0) is 13.9. The number of piperidine rings is 1. The van der Waals surface area contributed by atoms with Gasteiger partial charge in [-0.05, 0) is 19.3 Å². The lowest BCUT2D eigenvalue weighted by atomic mass is 9.87. The van der Waals surface area contributed by atoms with Gasteiger partial charge in [0.2, 0.25) is 5.78 Å². The summed E-state index contributed by atoms with van der Waals surface area (Å²) in [6, 6.07) is -0.926. The number of carbonyl (C=O) groups is 3. The maximum absolute atomic E-state index is 12.0. The van der Waals surface area contributed by atoms with Gasteiger partial charge in [0.25, 0.3) is 5.91 Å². The zero-order valence-electron chi connectivity index (χ0n) is 10.7. The molecule has 0 aromatic heterocycles. The first kappa shape index (κ1) is 14.6. The number of Topliss-reactive ketones (excluding diaryl/α,β-unsaturated/α-hetero) is 1. The largest absolute Gasteiger partial charge is 0.480 e. The normalized spacial score (nSPS) is 20.6. The van der Waals surface area contributed by atoms with Crippen LogP contribution in [0.1, 0.15) is 33.1 Å². The Kier molecular flexibility index (Phi) is 4.45. The van der Waals surface area contributed by atoms with Crippen LogP contribution in [0.15, 0.2) is 0 Å². The Bertz CT molecular complexity index is 363. The number of hydrogen-bond donors (Lipinski definition) is 2. The number of aliphatic hydroxyl groups is 1. The van der Waals surface area contributed by atoms with Gasteiger partial charge in [-0.25, -0.2) is 4.79 Å².